The largest absolute Gasteiger partial charge is 0.381 e. The van der Waals surface area contributed by atoms with Crippen LogP contribution in [0.25, 0.3) is 15.9 Å². The fourth-order valence-electron chi connectivity index (χ4n) is 7.28. The lowest BCUT2D eigenvalue weighted by Gasteiger charge is -2.36. The zero-order chi connectivity index (χ0) is 34.1. The minimum Gasteiger partial charge on any atom is -0.381 e. The lowest BCUT2D eigenvalue weighted by molar-refractivity contribution is -0.0880. The minimum atomic E-state index is -3.36. The Bertz CT molecular complexity index is 1860. The van der Waals surface area contributed by atoms with Gasteiger partial charge in [-0.25, -0.2) is 38.1 Å². The van der Waals surface area contributed by atoms with E-state index in [1.807, 2.05) is 0 Å². The molecule has 2 fully saturated rings. The van der Waals surface area contributed by atoms with Crippen molar-refractivity contribution in [1.82, 2.24) is 19.4 Å². The fourth-order valence-corrected chi connectivity index (χ4v) is 8.79. The summed E-state index contributed by atoms with van der Waals surface area (Å²) in [6.45, 7) is 12.7. The molecule has 7 rings (SSSR count). The van der Waals surface area contributed by atoms with Crippen molar-refractivity contribution in [2.45, 2.75) is 75.9 Å². The number of rotatable bonds is 1. The second-order valence-corrected chi connectivity index (χ2v) is 15.6. The number of nitrogens with zero attached hydrogens (tertiary/aromatic N) is 5. The Morgan fingerprint density at radius 2 is 1.75 bits per heavy atom. The molecule has 0 unspecified atom stereocenters. The van der Waals surface area contributed by atoms with E-state index in [-0.39, 0.29) is 66.3 Å². The van der Waals surface area contributed by atoms with E-state index in [9.17, 15) is 13.2 Å². The van der Waals surface area contributed by atoms with Crippen LogP contribution in [0.5, 0.6) is 0 Å². The summed E-state index contributed by atoms with van der Waals surface area (Å²) < 4.78 is 79.9. The van der Waals surface area contributed by atoms with Crippen LogP contribution in [-0.2, 0) is 32.6 Å². The highest BCUT2D eigenvalue weighted by atomic mass is 32.2. The molecule has 1 aromatic carbocycles. The van der Waals surface area contributed by atoms with Gasteiger partial charge in [-0.15, -0.1) is 0 Å². The molecule has 3 aromatic rings. The zero-order valence-electron chi connectivity index (χ0n) is 27.1. The molecule has 0 radical (unpaired) electrons. The summed E-state index contributed by atoms with van der Waals surface area (Å²) in [4.78, 5) is 28.9. The van der Waals surface area contributed by atoms with E-state index < -0.39 is 50.2 Å². The van der Waals surface area contributed by atoms with Gasteiger partial charge >= 0.3 is 0 Å². The van der Waals surface area contributed by atoms with Gasteiger partial charge in [0.25, 0.3) is 17.0 Å². The number of pyridine rings is 1. The highest BCUT2D eigenvalue weighted by molar-refractivity contribution is 7.91. The van der Waals surface area contributed by atoms with Crippen LogP contribution >= 0.6 is 0 Å². The van der Waals surface area contributed by atoms with Crippen LogP contribution in [0.1, 0.15) is 74.6 Å². The number of hydrogen-bond acceptors (Lipinski definition) is 8. The van der Waals surface area contributed by atoms with Crippen LogP contribution in [0.15, 0.2) is 35.4 Å². The zero-order valence-corrected chi connectivity index (χ0v) is 27.9. The van der Waals surface area contributed by atoms with Crippen molar-refractivity contribution in [2.24, 2.45) is 5.92 Å². The lowest BCUT2D eigenvalue weighted by Crippen LogP contribution is -2.40. The molecule has 2 saturated heterocycles. The van der Waals surface area contributed by atoms with Gasteiger partial charge in [-0.05, 0) is 64.7 Å². The predicted octanol–water partition coefficient (Wildman–Crippen LogP) is 5.43. The average molecular weight is 687 g/mol. The van der Waals surface area contributed by atoms with Crippen molar-refractivity contribution < 1.29 is 26.3 Å². The third-order valence-electron chi connectivity index (χ3n) is 10.2. The van der Waals surface area contributed by atoms with E-state index >= 15 is 13.2 Å². The molecule has 4 aliphatic heterocycles. The quantitative estimate of drug-likeness (QED) is 0.338. The molecule has 14 heteroatoms. The van der Waals surface area contributed by atoms with Gasteiger partial charge in [0.15, 0.2) is 9.84 Å². The van der Waals surface area contributed by atoms with Gasteiger partial charge in [0.1, 0.15) is 29.2 Å². The van der Waals surface area contributed by atoms with Crippen molar-refractivity contribution >= 4 is 26.7 Å². The molecule has 48 heavy (non-hydrogen) atoms. The number of anilines is 1. The van der Waals surface area contributed by atoms with Gasteiger partial charge in [0.2, 0.25) is 0 Å². The van der Waals surface area contributed by atoms with Crippen molar-refractivity contribution in [1.29, 1.82) is 0 Å². The summed E-state index contributed by atoms with van der Waals surface area (Å²) in [5, 5.41) is 3.54. The molecule has 258 valence electrons. The number of ether oxygens (including phenoxy) is 1. The molecule has 0 spiro atoms. The monoisotopic (exact) mass is 686 g/mol. The SMILES string of the molecule is [C-]#[N+]C1(c2cc3c4ncnc3n(c2=O)CCCOCCCCN2CCC(CC2)C(F)(F)c2cccc(c2F)[C@@H](C)N4)CCS(=O)(=O)CC1. The number of alkyl halides is 2. The van der Waals surface area contributed by atoms with Crippen molar-refractivity contribution in [3.8, 4) is 0 Å². The van der Waals surface area contributed by atoms with Gasteiger partial charge in [0, 0.05) is 44.1 Å². The normalized spacial score (nSPS) is 26.1. The standard InChI is InChI=1S/C34H41F3N6O4S/c1-23-25-7-5-8-27(29(25)35)34(36,37)24-9-15-42(16-10-24)13-3-4-17-47-18-6-14-43-31-26(30(41-23)39-22-40-31)21-28(32(43)44)33(38-2)11-19-48(45,46)20-12-33/h5,7-8,21-24H,3-4,6,9-20H2,1H3,(H,39,40,41)/t23-/m1/s1. The molecule has 10 nitrogen and oxygen atoms in total. The van der Waals surface area contributed by atoms with Gasteiger partial charge in [-0.3, -0.25) is 9.36 Å². The maximum atomic E-state index is 16.1. The molecule has 8 bridgehead atoms. The van der Waals surface area contributed by atoms with Gasteiger partial charge in [-0.1, -0.05) is 18.2 Å². The smallest absolute Gasteiger partial charge is 0.278 e. The minimum absolute atomic E-state index is 0.0276. The molecule has 6 heterocycles. The van der Waals surface area contributed by atoms with Crippen LogP contribution in [-0.4, -0.2) is 72.2 Å². The molecule has 0 amide bonds. The van der Waals surface area contributed by atoms with Crippen LogP contribution < -0.4 is 10.9 Å². The first-order valence-corrected chi connectivity index (χ1v) is 18.5. The Balaban J connectivity index is 1.44. The van der Waals surface area contributed by atoms with E-state index in [1.54, 1.807) is 13.0 Å². The average Bonchev–Trinajstić information content (AvgIpc) is 3.07. The topological polar surface area (TPSA) is 111 Å². The highest BCUT2D eigenvalue weighted by Gasteiger charge is 2.48. The molecule has 2 aromatic heterocycles. The van der Waals surface area contributed by atoms with E-state index in [0.29, 0.717) is 38.1 Å². The maximum Gasteiger partial charge on any atom is 0.278 e. The van der Waals surface area contributed by atoms with Crippen molar-refractivity contribution in [3.05, 3.63) is 74.9 Å². The molecule has 4 aliphatic rings. The van der Waals surface area contributed by atoms with Gasteiger partial charge < -0.3 is 19.8 Å². The van der Waals surface area contributed by atoms with Crippen LogP contribution in [0, 0.1) is 18.3 Å². The number of benzene rings is 1. The van der Waals surface area contributed by atoms with Crippen molar-refractivity contribution in [3.63, 3.8) is 0 Å². The Labute approximate surface area is 278 Å². The third kappa shape index (κ3) is 6.69. The highest BCUT2D eigenvalue weighted by Crippen LogP contribution is 2.44. The van der Waals surface area contributed by atoms with Crippen molar-refractivity contribution in [2.75, 3.05) is 49.7 Å². The first-order chi connectivity index (χ1) is 23.0. The second-order valence-electron chi connectivity index (χ2n) is 13.3. The maximum absolute atomic E-state index is 16.1. The summed E-state index contributed by atoms with van der Waals surface area (Å²) in [7, 11) is -3.34. The van der Waals surface area contributed by atoms with Gasteiger partial charge in [0.05, 0.1) is 28.5 Å². The Morgan fingerprint density at radius 1 is 1.02 bits per heavy atom. The van der Waals surface area contributed by atoms with E-state index in [1.165, 1.54) is 23.0 Å². The number of aryl methyl sites for hydroxylation is 1. The summed E-state index contributed by atoms with van der Waals surface area (Å²) in [5.74, 6) is -5.51. The van der Waals surface area contributed by atoms with Crippen LogP contribution in [0.3, 0.4) is 0 Å². The number of halogens is 3. The number of piperidine rings is 1. The van der Waals surface area contributed by atoms with E-state index in [4.69, 9.17) is 11.3 Å². The van der Waals surface area contributed by atoms with Crippen LogP contribution in [0.2, 0.25) is 0 Å². The number of sulfone groups is 1. The Morgan fingerprint density at radius 3 is 2.48 bits per heavy atom. The van der Waals surface area contributed by atoms with E-state index in [2.05, 4.69) is 25.0 Å². The lowest BCUT2D eigenvalue weighted by atomic mass is 9.85. The number of nitrogens with one attached hydrogen (secondary N) is 1. The predicted molar refractivity (Wildman–Crippen MR) is 176 cm³/mol. The summed E-state index contributed by atoms with van der Waals surface area (Å²) in [5.41, 5.74) is -1.95. The number of hydrogen-bond donors (Lipinski definition) is 1. The summed E-state index contributed by atoms with van der Waals surface area (Å²) in [6, 6.07) is 4.80. The third-order valence-corrected chi connectivity index (χ3v) is 11.9. The number of fused-ring (bicyclic) bond motifs is 10. The summed E-state index contributed by atoms with van der Waals surface area (Å²) >= 11 is 0. The molecule has 0 aliphatic carbocycles. The molecule has 1 atom stereocenters. The molecule has 0 saturated carbocycles. The molecule has 1 N–H and O–H groups in total. The first kappa shape index (κ1) is 34.3. The Kier molecular flexibility index (Phi) is 9.84. The fraction of sp³-hybridized carbons (Fsp3) is 0.588. The van der Waals surface area contributed by atoms with Gasteiger partial charge in [-0.2, -0.15) is 0 Å². The first-order valence-electron chi connectivity index (χ1n) is 16.7. The second kappa shape index (κ2) is 13.8. The Hall–Kier alpha value is -3.54. The molecular weight excluding hydrogens is 645 g/mol. The van der Waals surface area contributed by atoms with E-state index in [0.717, 1.165) is 25.5 Å². The number of aromatic nitrogens is 3. The molecular formula is C34H41F3N6O4S. The van der Waals surface area contributed by atoms with Crippen LogP contribution in [0.4, 0.5) is 19.0 Å². The summed E-state index contributed by atoms with van der Waals surface area (Å²) in [6.07, 6.45) is 3.90.